The van der Waals surface area contributed by atoms with Crippen LogP contribution in [0.2, 0.25) is 10.0 Å². The van der Waals surface area contributed by atoms with E-state index >= 15 is 0 Å². The molecule has 0 radical (unpaired) electrons. The van der Waals surface area contributed by atoms with Gasteiger partial charge in [-0.2, -0.15) is 18.4 Å². The minimum absolute atomic E-state index is 0.135. The normalized spacial score (nSPS) is 11.4. The summed E-state index contributed by atoms with van der Waals surface area (Å²) in [5, 5.41) is 4.12. The molecule has 2 aromatic rings. The van der Waals surface area contributed by atoms with Gasteiger partial charge in [-0.1, -0.05) is 23.2 Å². The van der Waals surface area contributed by atoms with Crippen molar-refractivity contribution >= 4 is 39.4 Å². The maximum Gasteiger partial charge on any atom is 0.280 e. The predicted molar refractivity (Wildman–Crippen MR) is 107 cm³/mol. The molecule has 0 aromatic heterocycles. The molecule has 0 aliphatic rings. The molecule has 28 heavy (non-hydrogen) atoms. The van der Waals surface area contributed by atoms with E-state index in [9.17, 15) is 8.42 Å². The molecular weight excluding hydrogens is 431 g/mol. The van der Waals surface area contributed by atoms with Crippen LogP contribution in [-0.2, 0) is 10.0 Å². The van der Waals surface area contributed by atoms with Crippen LogP contribution in [0.4, 0.5) is 0 Å². The quantitative estimate of drug-likeness (QED) is 0.491. The summed E-state index contributed by atoms with van der Waals surface area (Å²) in [7, 11) is 1.55. The van der Waals surface area contributed by atoms with Gasteiger partial charge in [-0.25, -0.2) is 0 Å². The Hall–Kier alpha value is -2.36. The van der Waals surface area contributed by atoms with Crippen LogP contribution in [0.3, 0.4) is 0 Å². The molecule has 0 fully saturated rings. The van der Waals surface area contributed by atoms with Crippen molar-refractivity contribution < 1.29 is 27.4 Å². The summed E-state index contributed by atoms with van der Waals surface area (Å²) < 4.78 is 45.7. The van der Waals surface area contributed by atoms with E-state index in [1.165, 1.54) is 52.9 Å². The van der Waals surface area contributed by atoms with Crippen LogP contribution in [0.1, 0.15) is 5.56 Å². The van der Waals surface area contributed by atoms with E-state index in [1.807, 2.05) is 0 Å². The van der Waals surface area contributed by atoms with Crippen LogP contribution in [0.5, 0.6) is 23.0 Å². The maximum atomic E-state index is 12.6. The van der Waals surface area contributed by atoms with Gasteiger partial charge < -0.3 is 18.9 Å². The molecule has 152 valence electrons. The molecular formula is C17H18Cl2N2O6S. The molecule has 0 heterocycles. The average Bonchev–Trinajstić information content (AvgIpc) is 2.67. The van der Waals surface area contributed by atoms with Crippen LogP contribution in [0.15, 0.2) is 34.3 Å². The summed E-state index contributed by atoms with van der Waals surface area (Å²) in [4.78, 5) is 1.97. The summed E-state index contributed by atoms with van der Waals surface area (Å²) in [6.45, 7) is 0. The van der Waals surface area contributed by atoms with Crippen LogP contribution in [0, 0.1) is 0 Å². The van der Waals surface area contributed by atoms with E-state index in [1.54, 1.807) is 6.07 Å². The van der Waals surface area contributed by atoms with Crippen LogP contribution in [0.25, 0.3) is 0 Å². The van der Waals surface area contributed by atoms with Crippen molar-refractivity contribution in [2.45, 2.75) is 4.90 Å². The van der Waals surface area contributed by atoms with Crippen LogP contribution >= 0.6 is 23.2 Å². The SMILES string of the molecule is COc1ccc(OC)c(S(=O)(=O)N/N=C/c2cc(Cl)c(OC)c(Cl)c2OC)c1. The van der Waals surface area contributed by atoms with E-state index in [-0.39, 0.29) is 32.2 Å². The van der Waals surface area contributed by atoms with Crippen LogP contribution in [-0.4, -0.2) is 43.1 Å². The number of hydrogen-bond donors (Lipinski definition) is 1. The van der Waals surface area contributed by atoms with E-state index in [2.05, 4.69) is 9.93 Å². The Balaban J connectivity index is 2.37. The molecule has 0 atom stereocenters. The van der Waals surface area contributed by atoms with Gasteiger partial charge in [-0.3, -0.25) is 0 Å². The van der Waals surface area contributed by atoms with Crippen molar-refractivity contribution in [1.29, 1.82) is 0 Å². The minimum Gasteiger partial charge on any atom is -0.497 e. The lowest BCUT2D eigenvalue weighted by molar-refractivity contribution is 0.392. The largest absolute Gasteiger partial charge is 0.497 e. The molecule has 1 N–H and O–H groups in total. The molecule has 0 unspecified atom stereocenters. The number of hydrazone groups is 1. The van der Waals surface area contributed by atoms with Gasteiger partial charge in [-0.15, -0.1) is 0 Å². The highest BCUT2D eigenvalue weighted by Gasteiger charge is 2.21. The molecule has 2 rings (SSSR count). The lowest BCUT2D eigenvalue weighted by atomic mass is 10.2. The molecule has 0 saturated heterocycles. The number of halogens is 2. The molecule has 0 spiro atoms. The van der Waals surface area contributed by atoms with Gasteiger partial charge >= 0.3 is 0 Å². The summed E-state index contributed by atoms with van der Waals surface area (Å²) >= 11 is 12.3. The van der Waals surface area contributed by atoms with Gasteiger partial charge in [0.05, 0.1) is 39.7 Å². The van der Waals surface area contributed by atoms with E-state index in [4.69, 9.17) is 42.1 Å². The molecule has 0 aliphatic heterocycles. The number of rotatable bonds is 8. The van der Waals surface area contributed by atoms with Crippen molar-refractivity contribution in [3.8, 4) is 23.0 Å². The Morgan fingerprint density at radius 2 is 1.64 bits per heavy atom. The molecule has 11 heteroatoms. The third-order valence-electron chi connectivity index (χ3n) is 3.61. The highest BCUT2D eigenvalue weighted by molar-refractivity contribution is 7.89. The van der Waals surface area contributed by atoms with Crippen molar-refractivity contribution in [2.24, 2.45) is 5.10 Å². The first kappa shape index (κ1) is 21.9. The van der Waals surface area contributed by atoms with Gasteiger partial charge in [0.1, 0.15) is 27.2 Å². The molecule has 0 bridgehead atoms. The first-order chi connectivity index (χ1) is 13.3. The van der Waals surface area contributed by atoms with Gasteiger partial charge in [0, 0.05) is 11.6 Å². The lowest BCUT2D eigenvalue weighted by Gasteiger charge is -2.13. The van der Waals surface area contributed by atoms with Gasteiger partial charge in [-0.05, 0) is 18.2 Å². The van der Waals surface area contributed by atoms with E-state index < -0.39 is 10.0 Å². The number of hydrogen-bond acceptors (Lipinski definition) is 7. The summed E-state index contributed by atoms with van der Waals surface area (Å²) in [5.41, 5.74) is 0.346. The van der Waals surface area contributed by atoms with E-state index in [0.717, 1.165) is 0 Å². The monoisotopic (exact) mass is 448 g/mol. The van der Waals surface area contributed by atoms with Crippen LogP contribution < -0.4 is 23.8 Å². The first-order valence-corrected chi connectivity index (χ1v) is 9.89. The Labute approximate surface area is 173 Å². The zero-order valence-electron chi connectivity index (χ0n) is 15.4. The minimum atomic E-state index is -4.04. The Morgan fingerprint density at radius 3 is 2.21 bits per heavy atom. The van der Waals surface area contributed by atoms with Crippen molar-refractivity contribution in [1.82, 2.24) is 4.83 Å². The maximum absolute atomic E-state index is 12.6. The standard InChI is InChI=1S/C17H18Cl2N2O6S/c1-24-11-5-6-13(25-2)14(8-11)28(22,23)21-20-9-10-7-12(18)17(27-4)15(19)16(10)26-3/h5-9,21H,1-4H3/b20-9+. The number of nitrogens with zero attached hydrogens (tertiary/aromatic N) is 1. The number of methoxy groups -OCH3 is 4. The highest BCUT2D eigenvalue weighted by Crippen LogP contribution is 2.41. The zero-order chi connectivity index (χ0) is 20.9. The molecule has 0 saturated carbocycles. The number of ether oxygens (including phenoxy) is 4. The Bertz CT molecular complexity index is 996. The topological polar surface area (TPSA) is 95.5 Å². The fourth-order valence-corrected chi connectivity index (χ4v) is 3.98. The van der Waals surface area contributed by atoms with Gasteiger partial charge in [0.2, 0.25) is 0 Å². The zero-order valence-corrected chi connectivity index (χ0v) is 17.8. The second-order valence-corrected chi connectivity index (χ2v) is 7.61. The van der Waals surface area contributed by atoms with E-state index in [0.29, 0.717) is 11.3 Å². The molecule has 2 aromatic carbocycles. The first-order valence-electron chi connectivity index (χ1n) is 7.65. The molecule has 8 nitrogen and oxygen atoms in total. The van der Waals surface area contributed by atoms with Crippen molar-refractivity contribution in [3.05, 3.63) is 39.9 Å². The number of sulfonamides is 1. The molecule has 0 amide bonds. The van der Waals surface area contributed by atoms with Crippen molar-refractivity contribution in [2.75, 3.05) is 28.4 Å². The van der Waals surface area contributed by atoms with Gasteiger partial charge in [0.25, 0.3) is 10.0 Å². The second-order valence-electron chi connectivity index (χ2n) is 5.20. The summed E-state index contributed by atoms with van der Waals surface area (Å²) in [5.74, 6) is 0.945. The second kappa shape index (κ2) is 9.22. The lowest BCUT2D eigenvalue weighted by Crippen LogP contribution is -2.19. The summed E-state index contributed by atoms with van der Waals surface area (Å²) in [6, 6.07) is 5.85. The number of nitrogens with one attached hydrogen (secondary N) is 1. The highest BCUT2D eigenvalue weighted by atomic mass is 35.5. The fourth-order valence-electron chi connectivity index (χ4n) is 2.30. The fraction of sp³-hybridized carbons (Fsp3) is 0.235. The number of benzene rings is 2. The Morgan fingerprint density at radius 1 is 0.964 bits per heavy atom. The third kappa shape index (κ3) is 4.54. The molecule has 0 aliphatic carbocycles. The van der Waals surface area contributed by atoms with Crippen molar-refractivity contribution in [3.63, 3.8) is 0 Å². The smallest absolute Gasteiger partial charge is 0.280 e. The Kier molecular flexibility index (Phi) is 7.22. The average molecular weight is 449 g/mol. The predicted octanol–water partition coefficient (Wildman–Crippen LogP) is 3.34. The third-order valence-corrected chi connectivity index (χ3v) is 5.47. The van der Waals surface area contributed by atoms with Gasteiger partial charge in [0.15, 0.2) is 5.75 Å². The summed E-state index contributed by atoms with van der Waals surface area (Å²) in [6.07, 6.45) is 1.21.